The van der Waals surface area contributed by atoms with Crippen LogP contribution in [-0.2, 0) is 25.3 Å². The second-order valence-corrected chi connectivity index (χ2v) is 8.88. The van der Waals surface area contributed by atoms with Crippen LogP contribution < -0.4 is 0 Å². The molecule has 158 valence electrons. The Hall–Kier alpha value is -0.710. The van der Waals surface area contributed by atoms with Crippen molar-refractivity contribution in [3.63, 3.8) is 0 Å². The van der Waals surface area contributed by atoms with Crippen molar-refractivity contribution in [2.75, 3.05) is 32.9 Å². The van der Waals surface area contributed by atoms with E-state index in [0.29, 0.717) is 58.6 Å². The fraction of sp³-hybridized carbons (Fsp3) is 0.941. The summed E-state index contributed by atoms with van der Waals surface area (Å²) in [5.41, 5.74) is 0. The first kappa shape index (κ1) is 22.6. The number of hydrogen-bond donors (Lipinski definition) is 1. The number of aliphatic carboxylic acids is 1. The molecule has 0 radical (unpaired) electrons. The van der Waals surface area contributed by atoms with Crippen LogP contribution in [0.1, 0.15) is 51.4 Å². The van der Waals surface area contributed by atoms with E-state index in [0.717, 1.165) is 0 Å². The highest BCUT2D eigenvalue weighted by Gasteiger charge is 2.49. The first-order chi connectivity index (χ1) is 12.7. The predicted molar refractivity (Wildman–Crippen MR) is 93.6 cm³/mol. The summed E-state index contributed by atoms with van der Waals surface area (Å²) in [7, 11) is -1.62. The van der Waals surface area contributed by atoms with Crippen molar-refractivity contribution in [3.8, 4) is 0 Å². The molecule has 1 atom stereocenters. The maximum absolute atomic E-state index is 12.9. The van der Waals surface area contributed by atoms with Crippen molar-refractivity contribution >= 4 is 17.0 Å². The van der Waals surface area contributed by atoms with Crippen LogP contribution in [0.2, 0.25) is 0 Å². The average molecular weight is 415 g/mol. The third-order valence-electron chi connectivity index (χ3n) is 5.12. The molecule has 6 nitrogen and oxygen atoms in total. The Morgan fingerprint density at radius 2 is 1.81 bits per heavy atom. The van der Waals surface area contributed by atoms with Gasteiger partial charge in [-0.05, 0) is 38.5 Å². The quantitative estimate of drug-likeness (QED) is 0.586. The van der Waals surface area contributed by atoms with Crippen molar-refractivity contribution in [1.82, 2.24) is 4.31 Å². The average Bonchev–Trinajstić information content (AvgIpc) is 2.64. The fourth-order valence-electron chi connectivity index (χ4n) is 3.43. The molecule has 2 aliphatic rings. The van der Waals surface area contributed by atoms with E-state index in [1.54, 1.807) is 4.31 Å². The van der Waals surface area contributed by atoms with Gasteiger partial charge in [0.2, 0.25) is 0 Å². The SMILES string of the molecule is O=C(O)C1(S(=O)N2CCC(OCCCCCC(F)(F)F)CC2)CCOCC1. The summed E-state index contributed by atoms with van der Waals surface area (Å²) in [6, 6.07) is 0. The van der Waals surface area contributed by atoms with Crippen molar-refractivity contribution in [2.45, 2.75) is 68.4 Å². The van der Waals surface area contributed by atoms with E-state index in [1.165, 1.54) is 0 Å². The molecule has 27 heavy (non-hydrogen) atoms. The fourth-order valence-corrected chi connectivity index (χ4v) is 5.13. The lowest BCUT2D eigenvalue weighted by molar-refractivity contribution is -0.142. The molecule has 2 aliphatic heterocycles. The molecule has 0 saturated carbocycles. The number of alkyl halides is 3. The zero-order chi connectivity index (χ0) is 19.9. The Balaban J connectivity index is 1.69. The number of unbranched alkanes of at least 4 members (excludes halogenated alkanes) is 2. The molecule has 0 bridgehead atoms. The zero-order valence-electron chi connectivity index (χ0n) is 15.3. The monoisotopic (exact) mass is 415 g/mol. The van der Waals surface area contributed by atoms with E-state index < -0.39 is 34.3 Å². The van der Waals surface area contributed by atoms with E-state index in [2.05, 4.69) is 0 Å². The lowest BCUT2D eigenvalue weighted by Crippen LogP contribution is -2.54. The van der Waals surface area contributed by atoms with Crippen molar-refractivity contribution in [2.24, 2.45) is 0 Å². The Morgan fingerprint density at radius 1 is 1.19 bits per heavy atom. The highest BCUT2D eigenvalue weighted by atomic mass is 32.2. The largest absolute Gasteiger partial charge is 0.480 e. The topological polar surface area (TPSA) is 76.1 Å². The molecule has 2 rings (SSSR count). The van der Waals surface area contributed by atoms with Gasteiger partial charge in [0.05, 0.1) is 6.10 Å². The highest BCUT2D eigenvalue weighted by Crippen LogP contribution is 2.31. The Morgan fingerprint density at radius 3 is 2.37 bits per heavy atom. The number of piperidine rings is 1. The number of carbonyl (C=O) groups is 1. The van der Waals surface area contributed by atoms with E-state index in [9.17, 15) is 27.3 Å². The van der Waals surface area contributed by atoms with E-state index >= 15 is 0 Å². The molecule has 0 aromatic rings. The third-order valence-corrected chi connectivity index (χ3v) is 7.20. The van der Waals surface area contributed by atoms with Crippen molar-refractivity contribution in [3.05, 3.63) is 0 Å². The summed E-state index contributed by atoms with van der Waals surface area (Å²) in [5.74, 6) is -1.04. The van der Waals surface area contributed by atoms with E-state index in [1.807, 2.05) is 0 Å². The van der Waals surface area contributed by atoms with Gasteiger partial charge in [0.15, 0.2) is 4.75 Å². The predicted octanol–water partition coefficient (Wildman–Crippen LogP) is 2.89. The Bertz CT molecular complexity index is 503. The lowest BCUT2D eigenvalue weighted by atomic mass is 9.99. The van der Waals surface area contributed by atoms with Crippen LogP contribution in [-0.4, -0.2) is 69.5 Å². The molecular formula is C17H28F3NO5S. The number of ether oxygens (including phenoxy) is 2. The van der Waals surface area contributed by atoms with E-state index in [4.69, 9.17) is 9.47 Å². The van der Waals surface area contributed by atoms with Gasteiger partial charge in [0.1, 0.15) is 11.0 Å². The van der Waals surface area contributed by atoms with Gasteiger partial charge in [-0.15, -0.1) is 0 Å². The highest BCUT2D eigenvalue weighted by molar-refractivity contribution is 7.85. The minimum atomic E-state index is -4.10. The summed E-state index contributed by atoms with van der Waals surface area (Å²) in [5, 5.41) is 9.61. The van der Waals surface area contributed by atoms with Gasteiger partial charge in [-0.25, -0.2) is 8.51 Å². The smallest absolute Gasteiger partial charge is 0.389 e. The first-order valence-corrected chi connectivity index (χ1v) is 10.5. The zero-order valence-corrected chi connectivity index (χ0v) is 16.2. The number of carboxylic acid groups (broad SMARTS) is 1. The maximum atomic E-state index is 12.9. The number of carboxylic acids is 1. The number of hydrogen-bond acceptors (Lipinski definition) is 4. The molecule has 2 saturated heterocycles. The molecule has 0 amide bonds. The maximum Gasteiger partial charge on any atom is 0.389 e. The molecular weight excluding hydrogens is 387 g/mol. The molecule has 1 unspecified atom stereocenters. The standard InChI is InChI=1S/C17H28F3NO5S/c18-17(19,20)6-2-1-3-11-26-14-4-9-21(10-5-14)27(24)16(15(22)23)7-12-25-13-8-16/h14H,1-13H2,(H,22,23). The first-order valence-electron chi connectivity index (χ1n) is 9.41. The molecule has 2 heterocycles. The number of halogens is 3. The van der Waals surface area contributed by atoms with Gasteiger partial charge in [0, 0.05) is 39.3 Å². The van der Waals surface area contributed by atoms with Crippen molar-refractivity contribution in [1.29, 1.82) is 0 Å². The summed E-state index contributed by atoms with van der Waals surface area (Å²) >= 11 is 0. The van der Waals surface area contributed by atoms with Gasteiger partial charge in [0.25, 0.3) is 0 Å². The molecule has 10 heteroatoms. The van der Waals surface area contributed by atoms with Crippen LogP contribution in [0.4, 0.5) is 13.2 Å². The second kappa shape index (κ2) is 10.2. The van der Waals surface area contributed by atoms with Gasteiger partial charge in [-0.1, -0.05) is 6.42 Å². The van der Waals surface area contributed by atoms with Crippen LogP contribution in [0.25, 0.3) is 0 Å². The van der Waals surface area contributed by atoms with Gasteiger partial charge in [-0.3, -0.25) is 4.79 Å². The number of nitrogens with zero attached hydrogens (tertiary/aromatic N) is 1. The van der Waals surface area contributed by atoms with Crippen LogP contribution in [0.15, 0.2) is 0 Å². The third kappa shape index (κ3) is 6.69. The van der Waals surface area contributed by atoms with Crippen LogP contribution >= 0.6 is 0 Å². The van der Waals surface area contributed by atoms with Gasteiger partial charge >= 0.3 is 12.1 Å². The normalized spacial score (nSPS) is 23.2. The van der Waals surface area contributed by atoms with Crippen molar-refractivity contribution < 1.29 is 36.8 Å². The Kier molecular flexibility index (Phi) is 8.51. The molecule has 0 aromatic carbocycles. The molecule has 1 N–H and O–H groups in total. The minimum Gasteiger partial charge on any atom is -0.480 e. The van der Waals surface area contributed by atoms with Crippen LogP contribution in [0.3, 0.4) is 0 Å². The summed E-state index contributed by atoms with van der Waals surface area (Å²) in [4.78, 5) is 11.7. The van der Waals surface area contributed by atoms with Gasteiger partial charge in [-0.2, -0.15) is 13.2 Å². The number of rotatable bonds is 9. The second-order valence-electron chi connectivity index (χ2n) is 7.09. The molecule has 0 aromatic heterocycles. The lowest BCUT2D eigenvalue weighted by Gasteiger charge is -2.39. The van der Waals surface area contributed by atoms with Gasteiger partial charge < -0.3 is 14.6 Å². The summed E-state index contributed by atoms with van der Waals surface area (Å²) < 4.78 is 60.5. The van der Waals surface area contributed by atoms with Crippen LogP contribution in [0, 0.1) is 0 Å². The molecule has 0 aliphatic carbocycles. The Labute approximate surface area is 160 Å². The summed E-state index contributed by atoms with van der Waals surface area (Å²) in [6.45, 7) is 1.99. The molecule has 2 fully saturated rings. The molecule has 0 spiro atoms. The van der Waals surface area contributed by atoms with E-state index in [-0.39, 0.29) is 25.4 Å². The summed E-state index contributed by atoms with van der Waals surface area (Å²) in [6.07, 6.45) is -1.93. The minimum absolute atomic E-state index is 0.0173. The van der Waals surface area contributed by atoms with Crippen LogP contribution in [0.5, 0.6) is 0 Å².